The van der Waals surface area contributed by atoms with Gasteiger partial charge in [-0.2, -0.15) is 11.3 Å². The SMILES string of the molecule is C=CC[SiH2]c1ccsc1. The first-order valence-corrected chi connectivity index (χ1v) is 5.70. The van der Waals surface area contributed by atoms with Gasteiger partial charge in [0, 0.05) is 0 Å². The molecule has 1 aromatic rings. The predicted octanol–water partition coefficient (Wildman–Crippen LogP) is 1.15. The highest BCUT2D eigenvalue weighted by Crippen LogP contribution is 1.92. The molecule has 0 saturated carbocycles. The minimum absolute atomic E-state index is 0.0231. The van der Waals surface area contributed by atoms with Gasteiger partial charge in [-0.15, -0.1) is 6.58 Å². The first kappa shape index (κ1) is 6.77. The summed E-state index contributed by atoms with van der Waals surface area (Å²) in [7, 11) is 0.0231. The molecule has 0 nitrogen and oxygen atoms in total. The maximum atomic E-state index is 3.70. The Kier molecular flexibility index (Phi) is 2.74. The molecule has 0 radical (unpaired) electrons. The van der Waals surface area contributed by atoms with Gasteiger partial charge in [0.2, 0.25) is 0 Å². The number of hydrogen-bond acceptors (Lipinski definition) is 1. The summed E-state index contributed by atoms with van der Waals surface area (Å²) in [6.45, 7) is 3.70. The fourth-order valence-corrected chi connectivity index (χ4v) is 3.04. The highest BCUT2D eigenvalue weighted by atomic mass is 32.1. The van der Waals surface area contributed by atoms with Crippen LogP contribution in [0.4, 0.5) is 0 Å². The molecular weight excluding hydrogens is 144 g/mol. The second-order valence-electron chi connectivity index (χ2n) is 1.96. The molecule has 1 heterocycles. The Morgan fingerprint density at radius 3 is 3.22 bits per heavy atom. The van der Waals surface area contributed by atoms with E-state index >= 15 is 0 Å². The summed E-state index contributed by atoms with van der Waals surface area (Å²) in [5.74, 6) is 0. The molecule has 1 rings (SSSR count). The van der Waals surface area contributed by atoms with Crippen molar-refractivity contribution in [3.8, 4) is 0 Å². The number of hydrogen-bond donors (Lipinski definition) is 0. The molecule has 0 fully saturated rings. The number of thiophene rings is 1. The molecule has 0 aliphatic rings. The molecule has 0 aliphatic heterocycles. The number of rotatable bonds is 3. The van der Waals surface area contributed by atoms with Gasteiger partial charge in [-0.05, 0) is 16.8 Å². The summed E-state index contributed by atoms with van der Waals surface area (Å²) < 4.78 is 0. The van der Waals surface area contributed by atoms with E-state index in [4.69, 9.17) is 0 Å². The molecule has 0 amide bonds. The molecular formula is C7H10SSi. The van der Waals surface area contributed by atoms with E-state index < -0.39 is 0 Å². The van der Waals surface area contributed by atoms with Crippen LogP contribution in [0.25, 0.3) is 0 Å². The van der Waals surface area contributed by atoms with E-state index in [0.717, 1.165) is 0 Å². The minimum Gasteiger partial charge on any atom is -0.153 e. The van der Waals surface area contributed by atoms with Crippen molar-refractivity contribution < 1.29 is 0 Å². The standard InChI is InChI=1S/C7H10SSi/c1-2-5-9-7-3-4-8-6-7/h2-4,6H,1,5,9H2. The maximum absolute atomic E-state index is 3.70. The van der Waals surface area contributed by atoms with Crippen LogP contribution in [0.5, 0.6) is 0 Å². The van der Waals surface area contributed by atoms with Crippen molar-refractivity contribution in [2.75, 3.05) is 0 Å². The van der Waals surface area contributed by atoms with Crippen LogP contribution in [-0.2, 0) is 0 Å². The van der Waals surface area contributed by atoms with Crippen LogP contribution in [-0.4, -0.2) is 9.52 Å². The third-order valence-electron chi connectivity index (χ3n) is 1.22. The first-order chi connectivity index (χ1) is 4.43. The lowest BCUT2D eigenvalue weighted by atomic mass is 10.7. The smallest absolute Gasteiger partial charge is 0.0595 e. The first-order valence-electron chi connectivity index (χ1n) is 3.05. The van der Waals surface area contributed by atoms with Gasteiger partial charge in [0.1, 0.15) is 0 Å². The molecule has 0 bridgehead atoms. The monoisotopic (exact) mass is 154 g/mol. The molecule has 48 valence electrons. The zero-order chi connectivity index (χ0) is 6.53. The third kappa shape index (κ3) is 2.16. The zero-order valence-corrected chi connectivity index (χ0v) is 7.57. The lowest BCUT2D eigenvalue weighted by molar-refractivity contribution is 1.73. The van der Waals surface area contributed by atoms with Gasteiger partial charge >= 0.3 is 0 Å². The Bertz CT molecular complexity index is 167. The van der Waals surface area contributed by atoms with Crippen molar-refractivity contribution in [3.05, 3.63) is 29.5 Å². The van der Waals surface area contributed by atoms with Crippen molar-refractivity contribution in [1.82, 2.24) is 0 Å². The van der Waals surface area contributed by atoms with Crippen LogP contribution in [0.3, 0.4) is 0 Å². The molecule has 0 aromatic carbocycles. The largest absolute Gasteiger partial charge is 0.153 e. The Hall–Kier alpha value is -0.343. The van der Waals surface area contributed by atoms with Crippen LogP contribution in [0, 0.1) is 0 Å². The Labute approximate surface area is 62.1 Å². The molecule has 0 N–H and O–H groups in total. The van der Waals surface area contributed by atoms with Gasteiger partial charge < -0.3 is 0 Å². The Balaban J connectivity index is 2.38. The van der Waals surface area contributed by atoms with Crippen molar-refractivity contribution in [2.45, 2.75) is 6.04 Å². The van der Waals surface area contributed by atoms with Crippen LogP contribution >= 0.6 is 11.3 Å². The molecule has 1 aromatic heterocycles. The summed E-state index contributed by atoms with van der Waals surface area (Å²) in [6, 6.07) is 3.46. The molecule has 0 saturated heterocycles. The molecule has 0 unspecified atom stereocenters. The quantitative estimate of drug-likeness (QED) is 0.452. The van der Waals surface area contributed by atoms with Gasteiger partial charge in [0.05, 0.1) is 9.52 Å². The van der Waals surface area contributed by atoms with Gasteiger partial charge in [-0.25, -0.2) is 0 Å². The van der Waals surface area contributed by atoms with E-state index in [9.17, 15) is 0 Å². The maximum Gasteiger partial charge on any atom is 0.0595 e. The van der Waals surface area contributed by atoms with E-state index in [-0.39, 0.29) is 9.52 Å². The summed E-state index contributed by atoms with van der Waals surface area (Å²) >= 11 is 1.79. The van der Waals surface area contributed by atoms with Gasteiger partial charge in [0.25, 0.3) is 0 Å². The average Bonchev–Trinajstić information content (AvgIpc) is 2.34. The lowest BCUT2D eigenvalue weighted by Crippen LogP contribution is -2.08. The van der Waals surface area contributed by atoms with Crippen LogP contribution in [0.1, 0.15) is 0 Å². The summed E-state index contributed by atoms with van der Waals surface area (Å²) in [5, 5.41) is 5.96. The zero-order valence-electron chi connectivity index (χ0n) is 5.34. The summed E-state index contributed by atoms with van der Waals surface area (Å²) in [6.07, 6.45) is 2.02. The lowest BCUT2D eigenvalue weighted by Gasteiger charge is -1.86. The Morgan fingerprint density at radius 1 is 1.78 bits per heavy atom. The fourth-order valence-electron chi connectivity index (χ4n) is 0.704. The van der Waals surface area contributed by atoms with E-state index in [2.05, 4.69) is 23.4 Å². The van der Waals surface area contributed by atoms with E-state index in [1.807, 2.05) is 6.08 Å². The van der Waals surface area contributed by atoms with Crippen molar-refractivity contribution in [1.29, 1.82) is 0 Å². The van der Waals surface area contributed by atoms with Gasteiger partial charge in [-0.1, -0.05) is 17.3 Å². The second-order valence-corrected chi connectivity index (χ2v) is 4.63. The molecule has 2 heteroatoms. The minimum atomic E-state index is 0.0231. The van der Waals surface area contributed by atoms with Crippen LogP contribution < -0.4 is 5.19 Å². The molecule has 0 spiro atoms. The average molecular weight is 154 g/mol. The third-order valence-corrected chi connectivity index (χ3v) is 3.96. The molecule has 0 atom stereocenters. The van der Waals surface area contributed by atoms with E-state index in [1.165, 1.54) is 6.04 Å². The Morgan fingerprint density at radius 2 is 2.67 bits per heavy atom. The van der Waals surface area contributed by atoms with Crippen LogP contribution in [0.15, 0.2) is 29.5 Å². The van der Waals surface area contributed by atoms with Crippen LogP contribution in [0.2, 0.25) is 6.04 Å². The highest BCUT2D eigenvalue weighted by molar-refractivity contribution is 7.09. The normalized spacial score (nSPS) is 10.7. The van der Waals surface area contributed by atoms with Crippen molar-refractivity contribution >= 4 is 26.0 Å². The molecule has 9 heavy (non-hydrogen) atoms. The fraction of sp³-hybridized carbons (Fsp3) is 0.143. The van der Waals surface area contributed by atoms with E-state index in [0.29, 0.717) is 0 Å². The van der Waals surface area contributed by atoms with E-state index in [1.54, 1.807) is 16.5 Å². The number of allylic oxidation sites excluding steroid dienone is 1. The van der Waals surface area contributed by atoms with Crippen molar-refractivity contribution in [3.63, 3.8) is 0 Å². The molecule has 0 aliphatic carbocycles. The topological polar surface area (TPSA) is 0 Å². The van der Waals surface area contributed by atoms with Gasteiger partial charge in [0.15, 0.2) is 0 Å². The van der Waals surface area contributed by atoms with Crippen molar-refractivity contribution in [2.24, 2.45) is 0 Å². The summed E-state index contributed by atoms with van der Waals surface area (Å²) in [4.78, 5) is 0. The summed E-state index contributed by atoms with van der Waals surface area (Å²) in [5.41, 5.74) is 0. The van der Waals surface area contributed by atoms with Gasteiger partial charge in [-0.3, -0.25) is 0 Å². The predicted molar refractivity (Wildman–Crippen MR) is 47.5 cm³/mol. The highest BCUT2D eigenvalue weighted by Gasteiger charge is 1.88. The second kappa shape index (κ2) is 3.64.